The van der Waals surface area contributed by atoms with E-state index in [2.05, 4.69) is 11.7 Å². The number of carbonyl (C=O) groups excluding carboxylic acids is 1. The van der Waals surface area contributed by atoms with Crippen LogP contribution in [0.2, 0.25) is 0 Å². The molecular formula is C15H23NO3. The Morgan fingerprint density at radius 2 is 2.00 bits per heavy atom. The molecule has 0 radical (unpaired) electrons. The first kappa shape index (κ1) is 15.5. The topological polar surface area (TPSA) is 49.8 Å². The van der Waals surface area contributed by atoms with Gasteiger partial charge in [-0.1, -0.05) is 31.5 Å². The van der Waals surface area contributed by atoms with Gasteiger partial charge in [0.15, 0.2) is 5.60 Å². The molecule has 106 valence electrons. The fourth-order valence-corrected chi connectivity index (χ4v) is 1.94. The van der Waals surface area contributed by atoms with Gasteiger partial charge in [0.25, 0.3) is 0 Å². The predicted octanol–water partition coefficient (Wildman–Crippen LogP) is 2.22. The molecule has 0 saturated carbocycles. The summed E-state index contributed by atoms with van der Waals surface area (Å²) < 4.78 is 4.64. The Kier molecular flexibility index (Phi) is 5.83. The van der Waals surface area contributed by atoms with Crippen molar-refractivity contribution in [1.82, 2.24) is 0 Å². The van der Waals surface area contributed by atoms with Crippen LogP contribution in [0.3, 0.4) is 0 Å². The number of hydrogen-bond donors (Lipinski definition) is 1. The maximum atomic E-state index is 11.6. The van der Waals surface area contributed by atoms with Gasteiger partial charge in [-0.05, 0) is 25.5 Å². The largest absolute Gasteiger partial charge is 0.467 e. The molecule has 0 aliphatic heterocycles. The molecule has 0 spiro atoms. The highest BCUT2D eigenvalue weighted by Gasteiger charge is 2.33. The van der Waals surface area contributed by atoms with Crippen molar-refractivity contribution in [2.24, 2.45) is 0 Å². The maximum Gasteiger partial charge on any atom is 0.339 e. The van der Waals surface area contributed by atoms with Gasteiger partial charge >= 0.3 is 5.97 Å². The van der Waals surface area contributed by atoms with Gasteiger partial charge in [-0.2, -0.15) is 0 Å². The normalized spacial score (nSPS) is 13.7. The summed E-state index contributed by atoms with van der Waals surface area (Å²) in [6.45, 7) is 4.62. The number of carbonyl (C=O) groups is 1. The Morgan fingerprint density at radius 1 is 1.37 bits per heavy atom. The van der Waals surface area contributed by atoms with E-state index in [4.69, 9.17) is 0 Å². The minimum atomic E-state index is -1.50. The number of ether oxygens (including phenoxy) is 1. The van der Waals surface area contributed by atoms with Gasteiger partial charge in [0, 0.05) is 12.2 Å². The highest BCUT2D eigenvalue weighted by Crippen LogP contribution is 2.18. The number of methoxy groups -OCH3 is 1. The zero-order valence-electron chi connectivity index (χ0n) is 11.9. The Bertz CT molecular complexity index is 390. The molecule has 4 nitrogen and oxygen atoms in total. The molecule has 0 bridgehead atoms. The summed E-state index contributed by atoms with van der Waals surface area (Å²) in [5, 5.41) is 10.2. The fourth-order valence-electron chi connectivity index (χ4n) is 1.94. The van der Waals surface area contributed by atoms with Gasteiger partial charge in [0.2, 0.25) is 0 Å². The van der Waals surface area contributed by atoms with Gasteiger partial charge in [0.1, 0.15) is 0 Å². The Hall–Kier alpha value is -1.55. The number of unbranched alkanes of at least 4 members (excludes halogenated alkanes) is 1. The first-order valence-corrected chi connectivity index (χ1v) is 6.62. The number of hydrogen-bond acceptors (Lipinski definition) is 4. The standard InChI is InChI=1S/C15H23NO3/c1-4-5-11-16(13-9-7-6-8-10-13)12-15(2,18)14(17)19-3/h6-10,18H,4-5,11-12H2,1-3H3. The van der Waals surface area contributed by atoms with Crippen LogP contribution in [0, 0.1) is 0 Å². The monoisotopic (exact) mass is 265 g/mol. The molecule has 1 N–H and O–H groups in total. The van der Waals surface area contributed by atoms with Crippen molar-refractivity contribution in [3.63, 3.8) is 0 Å². The number of rotatable bonds is 7. The van der Waals surface area contributed by atoms with E-state index in [1.54, 1.807) is 0 Å². The summed E-state index contributed by atoms with van der Waals surface area (Å²) in [5.74, 6) is -0.607. The number of nitrogens with zero attached hydrogens (tertiary/aromatic N) is 1. The summed E-state index contributed by atoms with van der Waals surface area (Å²) in [7, 11) is 1.29. The first-order chi connectivity index (χ1) is 9.01. The minimum Gasteiger partial charge on any atom is -0.467 e. The van der Waals surface area contributed by atoms with E-state index in [-0.39, 0.29) is 6.54 Å². The average Bonchev–Trinajstić information content (AvgIpc) is 2.43. The van der Waals surface area contributed by atoms with E-state index in [0.29, 0.717) is 0 Å². The third-order valence-corrected chi connectivity index (χ3v) is 3.03. The fraction of sp³-hybridized carbons (Fsp3) is 0.533. The number of esters is 1. The van der Waals surface area contributed by atoms with Crippen molar-refractivity contribution in [3.8, 4) is 0 Å². The van der Waals surface area contributed by atoms with Crippen molar-refractivity contribution in [2.75, 3.05) is 25.1 Å². The van der Waals surface area contributed by atoms with E-state index >= 15 is 0 Å². The van der Waals surface area contributed by atoms with Crippen LogP contribution in [0.1, 0.15) is 26.7 Å². The van der Waals surface area contributed by atoms with Crippen molar-refractivity contribution in [1.29, 1.82) is 0 Å². The number of benzene rings is 1. The van der Waals surface area contributed by atoms with Crippen LogP contribution in [0.15, 0.2) is 30.3 Å². The van der Waals surface area contributed by atoms with Crippen molar-refractivity contribution >= 4 is 11.7 Å². The van der Waals surface area contributed by atoms with Crippen molar-refractivity contribution in [3.05, 3.63) is 30.3 Å². The van der Waals surface area contributed by atoms with E-state index in [9.17, 15) is 9.90 Å². The van der Waals surface area contributed by atoms with E-state index in [0.717, 1.165) is 25.1 Å². The van der Waals surface area contributed by atoms with Gasteiger partial charge in [0.05, 0.1) is 13.7 Å². The lowest BCUT2D eigenvalue weighted by Gasteiger charge is -2.31. The minimum absolute atomic E-state index is 0.226. The Morgan fingerprint density at radius 3 is 2.53 bits per heavy atom. The second kappa shape index (κ2) is 7.14. The molecule has 0 amide bonds. The summed E-state index contributed by atoms with van der Waals surface area (Å²) in [4.78, 5) is 13.6. The molecule has 4 heteroatoms. The third kappa shape index (κ3) is 4.56. The molecule has 1 atom stereocenters. The summed E-state index contributed by atoms with van der Waals surface area (Å²) in [6.07, 6.45) is 2.07. The summed E-state index contributed by atoms with van der Waals surface area (Å²) in [6, 6.07) is 9.79. The lowest BCUT2D eigenvalue weighted by molar-refractivity contribution is -0.159. The highest BCUT2D eigenvalue weighted by atomic mass is 16.5. The van der Waals surface area contributed by atoms with Gasteiger partial charge in [-0.3, -0.25) is 0 Å². The van der Waals surface area contributed by atoms with E-state index in [1.807, 2.05) is 35.2 Å². The second-order valence-electron chi connectivity index (χ2n) is 4.88. The first-order valence-electron chi connectivity index (χ1n) is 6.62. The van der Waals surface area contributed by atoms with E-state index in [1.165, 1.54) is 14.0 Å². The second-order valence-corrected chi connectivity index (χ2v) is 4.88. The van der Waals surface area contributed by atoms with Crippen molar-refractivity contribution < 1.29 is 14.6 Å². The lowest BCUT2D eigenvalue weighted by Crippen LogP contribution is -2.47. The molecule has 19 heavy (non-hydrogen) atoms. The van der Waals surface area contributed by atoms with Gasteiger partial charge in [-0.15, -0.1) is 0 Å². The van der Waals surface area contributed by atoms with Gasteiger partial charge < -0.3 is 14.7 Å². The molecule has 0 aliphatic rings. The molecule has 0 heterocycles. The summed E-state index contributed by atoms with van der Waals surface area (Å²) >= 11 is 0. The van der Waals surface area contributed by atoms with Crippen LogP contribution in [-0.2, 0) is 9.53 Å². The van der Waals surface area contributed by atoms with Crippen LogP contribution in [0.25, 0.3) is 0 Å². The van der Waals surface area contributed by atoms with Crippen LogP contribution >= 0.6 is 0 Å². The quantitative estimate of drug-likeness (QED) is 0.768. The number of para-hydroxylation sites is 1. The highest BCUT2D eigenvalue weighted by molar-refractivity contribution is 5.79. The molecule has 0 aromatic heterocycles. The van der Waals surface area contributed by atoms with E-state index < -0.39 is 11.6 Å². The van der Waals surface area contributed by atoms with Crippen LogP contribution in [-0.4, -0.2) is 36.9 Å². The van der Waals surface area contributed by atoms with Crippen molar-refractivity contribution in [2.45, 2.75) is 32.3 Å². The third-order valence-electron chi connectivity index (χ3n) is 3.03. The van der Waals surface area contributed by atoms with Crippen LogP contribution in [0.4, 0.5) is 5.69 Å². The molecule has 1 unspecified atom stereocenters. The summed E-state index contributed by atoms with van der Waals surface area (Å²) in [5.41, 5.74) is -0.502. The zero-order valence-corrected chi connectivity index (χ0v) is 11.9. The number of anilines is 1. The molecule has 1 rings (SSSR count). The van der Waals surface area contributed by atoms with Gasteiger partial charge in [-0.25, -0.2) is 4.79 Å². The van der Waals surface area contributed by atoms with Crippen LogP contribution < -0.4 is 4.90 Å². The molecular weight excluding hydrogens is 242 g/mol. The molecule has 1 aromatic carbocycles. The van der Waals surface area contributed by atoms with Crippen LogP contribution in [0.5, 0.6) is 0 Å². The lowest BCUT2D eigenvalue weighted by atomic mass is 10.1. The molecule has 0 fully saturated rings. The Labute approximate surface area is 115 Å². The number of aliphatic hydroxyl groups is 1. The average molecular weight is 265 g/mol. The smallest absolute Gasteiger partial charge is 0.339 e. The zero-order chi connectivity index (χ0) is 14.3. The Balaban J connectivity index is 2.84. The SMILES string of the molecule is CCCCN(CC(C)(O)C(=O)OC)c1ccccc1. The molecule has 0 aliphatic carbocycles. The predicted molar refractivity (Wildman–Crippen MR) is 76.2 cm³/mol. The molecule has 0 saturated heterocycles. The molecule has 1 aromatic rings. The maximum absolute atomic E-state index is 11.6.